The van der Waals surface area contributed by atoms with E-state index >= 15 is 0 Å². The molecule has 18 heavy (non-hydrogen) atoms. The molecule has 0 bridgehead atoms. The van der Waals surface area contributed by atoms with Crippen LogP contribution in [0.2, 0.25) is 0 Å². The highest BCUT2D eigenvalue weighted by Crippen LogP contribution is 2.24. The third-order valence-electron chi connectivity index (χ3n) is 2.83. The Morgan fingerprint density at radius 2 is 1.83 bits per heavy atom. The van der Waals surface area contributed by atoms with Crippen molar-refractivity contribution in [2.24, 2.45) is 5.41 Å². The summed E-state index contributed by atoms with van der Waals surface area (Å²) in [5.74, 6) is 0. The number of hydrogen-bond donors (Lipinski definition) is 0. The molecular weight excluding hydrogens is 227 g/mol. The molecule has 1 aromatic rings. The quantitative estimate of drug-likeness (QED) is 0.606. The predicted molar refractivity (Wildman–Crippen MR) is 72.9 cm³/mol. The summed E-state index contributed by atoms with van der Waals surface area (Å²) in [7, 11) is 1.24. The molecule has 3 nitrogen and oxygen atoms in total. The third-order valence-corrected chi connectivity index (χ3v) is 2.83. The summed E-state index contributed by atoms with van der Waals surface area (Å²) in [5, 5.41) is 0. The lowest BCUT2D eigenvalue weighted by atomic mass is 9.80. The lowest BCUT2D eigenvalue weighted by molar-refractivity contribution is 0.0258. The van der Waals surface area contributed by atoms with Crippen molar-refractivity contribution in [1.82, 2.24) is 0 Å². The Balaban J connectivity index is 2.08. The average Bonchev–Trinajstić information content (AvgIpc) is 2.38. The van der Waals surface area contributed by atoms with Crippen LogP contribution in [0.3, 0.4) is 0 Å². The first kappa shape index (κ1) is 13.2. The Kier molecular flexibility index (Phi) is 4.09. The summed E-state index contributed by atoms with van der Waals surface area (Å²) in [6.45, 7) is 5.59. The van der Waals surface area contributed by atoms with Crippen molar-refractivity contribution in [2.45, 2.75) is 13.8 Å². The van der Waals surface area contributed by atoms with Crippen LogP contribution in [0.15, 0.2) is 36.0 Å². The summed E-state index contributed by atoms with van der Waals surface area (Å²) in [6.07, 6.45) is 1.95. The molecule has 1 saturated heterocycles. The van der Waals surface area contributed by atoms with Crippen molar-refractivity contribution in [2.75, 3.05) is 20.3 Å². The van der Waals surface area contributed by atoms with E-state index in [0.717, 1.165) is 5.56 Å². The van der Waals surface area contributed by atoms with Crippen molar-refractivity contribution in [3.05, 3.63) is 41.6 Å². The topological polar surface area (TPSA) is 27.7 Å². The second-order valence-corrected chi connectivity index (χ2v) is 5.28. The Morgan fingerprint density at radius 1 is 1.22 bits per heavy atom. The Bertz CT molecular complexity index is 404. The molecule has 0 spiro atoms. The maximum atomic E-state index is 5.70. The molecule has 0 unspecified atom stereocenters. The van der Waals surface area contributed by atoms with Crippen molar-refractivity contribution < 1.29 is 14.0 Å². The summed E-state index contributed by atoms with van der Waals surface area (Å²) in [4.78, 5) is 0. The molecule has 0 N–H and O–H groups in total. The SMILES string of the molecule is CO/C(=C/c1ccccc1)B1OCC(C)(C)CO1. The molecule has 0 saturated carbocycles. The van der Waals surface area contributed by atoms with Gasteiger partial charge in [-0.05, 0) is 11.6 Å². The van der Waals surface area contributed by atoms with Gasteiger partial charge < -0.3 is 14.0 Å². The van der Waals surface area contributed by atoms with Crippen LogP contribution in [0, 0.1) is 5.41 Å². The maximum Gasteiger partial charge on any atom is 0.531 e. The number of ether oxygens (including phenoxy) is 1. The number of rotatable bonds is 3. The van der Waals surface area contributed by atoms with Crippen molar-refractivity contribution in [3.8, 4) is 0 Å². The summed E-state index contributed by atoms with van der Waals surface area (Å²) < 4.78 is 16.8. The molecule has 1 fully saturated rings. The fraction of sp³-hybridized carbons (Fsp3) is 0.429. The molecule has 2 rings (SSSR count). The average molecular weight is 246 g/mol. The number of benzene rings is 1. The molecule has 0 atom stereocenters. The van der Waals surface area contributed by atoms with E-state index in [1.807, 2.05) is 36.4 Å². The van der Waals surface area contributed by atoms with E-state index in [1.54, 1.807) is 7.11 Å². The van der Waals surface area contributed by atoms with Gasteiger partial charge in [0.15, 0.2) is 0 Å². The standard InChI is InChI=1S/C14H19BO3/c1-14(2)10-17-15(18-11-14)13(16-3)9-12-7-5-4-6-8-12/h4-9H,10-11H2,1-3H3/b13-9+. The van der Waals surface area contributed by atoms with E-state index in [2.05, 4.69) is 13.8 Å². The second-order valence-electron chi connectivity index (χ2n) is 5.28. The smallest absolute Gasteiger partial charge is 0.505 e. The first-order chi connectivity index (χ1) is 8.61. The Hall–Kier alpha value is -1.26. The lowest BCUT2D eigenvalue weighted by Gasteiger charge is -2.33. The van der Waals surface area contributed by atoms with Gasteiger partial charge in [-0.1, -0.05) is 44.2 Å². The minimum Gasteiger partial charge on any atom is -0.505 e. The highest BCUT2D eigenvalue weighted by molar-refractivity contribution is 6.54. The van der Waals surface area contributed by atoms with Gasteiger partial charge in [0, 0.05) is 18.6 Å². The zero-order valence-corrected chi connectivity index (χ0v) is 11.2. The molecule has 0 aromatic heterocycles. The third kappa shape index (κ3) is 3.37. The lowest BCUT2D eigenvalue weighted by Crippen LogP contribution is -2.42. The number of hydrogen-bond acceptors (Lipinski definition) is 3. The molecule has 0 amide bonds. The van der Waals surface area contributed by atoms with Gasteiger partial charge in [0.2, 0.25) is 0 Å². The van der Waals surface area contributed by atoms with Crippen molar-refractivity contribution >= 4 is 13.2 Å². The van der Waals surface area contributed by atoms with Crippen LogP contribution in [0.1, 0.15) is 19.4 Å². The van der Waals surface area contributed by atoms with E-state index in [9.17, 15) is 0 Å². The molecule has 0 radical (unpaired) electrons. The van der Waals surface area contributed by atoms with Crippen LogP contribution in [-0.4, -0.2) is 27.4 Å². The van der Waals surface area contributed by atoms with Gasteiger partial charge in [-0.25, -0.2) is 0 Å². The van der Waals surface area contributed by atoms with Gasteiger partial charge in [-0.3, -0.25) is 0 Å². The summed E-state index contributed by atoms with van der Waals surface area (Å²) >= 11 is 0. The molecule has 1 heterocycles. The van der Waals surface area contributed by atoms with Gasteiger partial charge in [0.1, 0.15) is 5.66 Å². The minimum absolute atomic E-state index is 0.0715. The predicted octanol–water partition coefficient (Wildman–Crippen LogP) is 2.77. The van der Waals surface area contributed by atoms with Crippen LogP contribution >= 0.6 is 0 Å². The van der Waals surface area contributed by atoms with E-state index < -0.39 is 7.12 Å². The molecule has 1 aliphatic heterocycles. The largest absolute Gasteiger partial charge is 0.531 e. The first-order valence-corrected chi connectivity index (χ1v) is 6.14. The highest BCUT2D eigenvalue weighted by Gasteiger charge is 2.35. The second kappa shape index (κ2) is 5.59. The summed E-state index contributed by atoms with van der Waals surface area (Å²) in [6, 6.07) is 10.0. The van der Waals surface area contributed by atoms with Crippen LogP contribution in [0.5, 0.6) is 0 Å². The van der Waals surface area contributed by atoms with Crippen LogP contribution < -0.4 is 0 Å². The van der Waals surface area contributed by atoms with Gasteiger partial charge in [-0.2, -0.15) is 0 Å². The monoisotopic (exact) mass is 246 g/mol. The van der Waals surface area contributed by atoms with E-state index in [-0.39, 0.29) is 5.41 Å². The minimum atomic E-state index is -0.400. The zero-order valence-electron chi connectivity index (χ0n) is 11.2. The molecular formula is C14H19BO3. The fourth-order valence-electron chi connectivity index (χ4n) is 1.79. The normalized spacial score (nSPS) is 19.7. The highest BCUT2D eigenvalue weighted by atomic mass is 16.6. The maximum absolute atomic E-state index is 5.70. The van der Waals surface area contributed by atoms with Crippen molar-refractivity contribution in [3.63, 3.8) is 0 Å². The van der Waals surface area contributed by atoms with Crippen LogP contribution in [0.25, 0.3) is 6.08 Å². The van der Waals surface area contributed by atoms with Gasteiger partial charge >= 0.3 is 7.12 Å². The van der Waals surface area contributed by atoms with Gasteiger partial charge in [0.05, 0.1) is 7.11 Å². The molecule has 1 aliphatic rings. The van der Waals surface area contributed by atoms with Gasteiger partial charge in [-0.15, -0.1) is 0 Å². The zero-order chi connectivity index (χ0) is 13.0. The first-order valence-electron chi connectivity index (χ1n) is 6.14. The molecule has 4 heteroatoms. The number of methoxy groups -OCH3 is 1. The van der Waals surface area contributed by atoms with Crippen LogP contribution in [0.4, 0.5) is 0 Å². The van der Waals surface area contributed by atoms with E-state index in [0.29, 0.717) is 18.9 Å². The van der Waals surface area contributed by atoms with Crippen LogP contribution in [-0.2, 0) is 14.0 Å². The van der Waals surface area contributed by atoms with Crippen molar-refractivity contribution in [1.29, 1.82) is 0 Å². The van der Waals surface area contributed by atoms with Gasteiger partial charge in [0.25, 0.3) is 0 Å². The molecule has 96 valence electrons. The Morgan fingerprint density at radius 3 is 2.39 bits per heavy atom. The summed E-state index contributed by atoms with van der Waals surface area (Å²) in [5.41, 5.74) is 1.85. The molecule has 1 aromatic carbocycles. The Labute approximate surface area is 109 Å². The fourth-order valence-corrected chi connectivity index (χ4v) is 1.79. The van der Waals surface area contributed by atoms with E-state index in [4.69, 9.17) is 14.0 Å². The van der Waals surface area contributed by atoms with E-state index in [1.165, 1.54) is 0 Å². The molecule has 0 aliphatic carbocycles.